The minimum absolute atomic E-state index is 0. The number of hydrogen-bond donors (Lipinski definition) is 0. The van der Waals surface area contributed by atoms with Crippen molar-refractivity contribution in [1.29, 1.82) is 0 Å². The van der Waals surface area contributed by atoms with E-state index >= 15 is 0 Å². The van der Waals surface area contributed by atoms with Gasteiger partial charge in [0.2, 0.25) is 0 Å². The van der Waals surface area contributed by atoms with Crippen molar-refractivity contribution in [2.75, 3.05) is 0 Å². The summed E-state index contributed by atoms with van der Waals surface area (Å²) in [4.78, 5) is 0. The second-order valence-corrected chi connectivity index (χ2v) is 0. The van der Waals surface area contributed by atoms with E-state index in [1.165, 1.54) is 0 Å². The molecule has 0 aromatic heterocycles. The van der Waals surface area contributed by atoms with Crippen LogP contribution in [0, 0.1) is 80.8 Å². The van der Waals surface area contributed by atoms with Crippen LogP contribution in [-0.2, 0) is 119 Å². The van der Waals surface area contributed by atoms with Crippen molar-refractivity contribution in [1.82, 2.24) is 0 Å². The molecule has 0 fully saturated rings. The van der Waals surface area contributed by atoms with Crippen LogP contribution in [-0.4, -0.2) is 0 Å². The summed E-state index contributed by atoms with van der Waals surface area (Å²) in [6.07, 6.45) is 0. The van der Waals surface area contributed by atoms with Crippen molar-refractivity contribution in [3.05, 3.63) is 0 Å². The molecule has 68 valence electrons. The molecule has 9 heteroatoms. The van der Waals surface area contributed by atoms with Gasteiger partial charge in [-0.1, -0.05) is 0 Å². The third-order valence-electron chi connectivity index (χ3n) is 0. The molecule has 0 unspecified atom stereocenters. The molecule has 0 heterocycles. The minimum Gasteiger partial charge on any atom is 0 e. The first-order chi connectivity index (χ1) is 0. The SMILES string of the molecule is [Fe].[Fe].[Fe].[Fe].[Fe].[Fe].[Fe].[Sm].[Sm]. The summed E-state index contributed by atoms with van der Waals surface area (Å²) in [7, 11) is 0. The third-order valence-corrected chi connectivity index (χ3v) is 0. The maximum absolute atomic E-state index is 0. The zero-order valence-corrected chi connectivity index (χ0v) is 16.3. The molecule has 0 aliphatic heterocycles. The summed E-state index contributed by atoms with van der Waals surface area (Å²) in [5.41, 5.74) is 0. The molecule has 0 bridgehead atoms. The van der Waals surface area contributed by atoms with E-state index in [9.17, 15) is 0 Å². The van der Waals surface area contributed by atoms with Gasteiger partial charge in [-0.15, -0.1) is 0 Å². The van der Waals surface area contributed by atoms with E-state index < -0.39 is 0 Å². The summed E-state index contributed by atoms with van der Waals surface area (Å²) < 4.78 is 0. The Balaban J connectivity index is 0. The average molecular weight is 692 g/mol. The Kier molecular flexibility index (Phi) is 557. The molecule has 0 rings (SSSR count). The fourth-order valence-electron chi connectivity index (χ4n) is 0. The van der Waals surface area contributed by atoms with E-state index in [4.69, 9.17) is 0 Å². The molecule has 0 saturated carbocycles. The molecule has 0 N–H and O–H groups in total. The van der Waals surface area contributed by atoms with Gasteiger partial charge in [-0.3, -0.25) is 0 Å². The van der Waals surface area contributed by atoms with E-state index in [0.717, 1.165) is 0 Å². The van der Waals surface area contributed by atoms with E-state index in [2.05, 4.69) is 0 Å². The maximum atomic E-state index is 0. The van der Waals surface area contributed by atoms with E-state index in [1.54, 1.807) is 0 Å². The zero-order chi connectivity index (χ0) is 0. The Morgan fingerprint density at radius 2 is 0.222 bits per heavy atom. The molecule has 0 radical (unpaired) electrons. The monoisotopic (exact) mass is 695 g/mol. The van der Waals surface area contributed by atoms with Crippen molar-refractivity contribution in [2.24, 2.45) is 0 Å². The summed E-state index contributed by atoms with van der Waals surface area (Å²) >= 11 is 0. The average Bonchev–Trinajstić information content (AvgIpc) is 0. The molecule has 0 aliphatic carbocycles. The second-order valence-electron chi connectivity index (χ2n) is 0. The Morgan fingerprint density at radius 1 is 0.222 bits per heavy atom. The minimum atomic E-state index is 0. The van der Waals surface area contributed by atoms with Crippen LogP contribution in [0.1, 0.15) is 0 Å². The van der Waals surface area contributed by atoms with Crippen molar-refractivity contribution < 1.29 is 200 Å². The second kappa shape index (κ2) is 63.7. The van der Waals surface area contributed by atoms with Crippen LogP contribution >= 0.6 is 0 Å². The summed E-state index contributed by atoms with van der Waals surface area (Å²) in [5.74, 6) is 0. The Morgan fingerprint density at radius 3 is 0.222 bits per heavy atom. The van der Waals surface area contributed by atoms with Gasteiger partial charge < -0.3 is 0 Å². The fraction of sp³-hybridized carbons (Fsp3) is 0. The van der Waals surface area contributed by atoms with E-state index in [1.807, 2.05) is 0 Å². The van der Waals surface area contributed by atoms with Crippen molar-refractivity contribution in [3.8, 4) is 0 Å². The van der Waals surface area contributed by atoms with Gasteiger partial charge in [0.05, 0.1) is 0 Å². The molecule has 0 saturated heterocycles. The van der Waals surface area contributed by atoms with Crippen LogP contribution in [0.25, 0.3) is 0 Å². The molecular weight excluding hydrogens is 692 g/mol. The van der Waals surface area contributed by atoms with Crippen molar-refractivity contribution in [3.63, 3.8) is 0 Å². The van der Waals surface area contributed by atoms with Crippen LogP contribution in [0.3, 0.4) is 0 Å². The third kappa shape index (κ3) is 54.5. The normalized spacial score (nSPS) is 0. The van der Waals surface area contributed by atoms with Gasteiger partial charge in [-0.05, 0) is 0 Å². The van der Waals surface area contributed by atoms with Gasteiger partial charge in [-0.2, -0.15) is 0 Å². The van der Waals surface area contributed by atoms with Crippen LogP contribution in [0.4, 0.5) is 0 Å². The number of rotatable bonds is 0. The van der Waals surface area contributed by atoms with Crippen LogP contribution < -0.4 is 0 Å². The molecule has 0 aromatic rings. The molecular formula is Fe7Sm2. The van der Waals surface area contributed by atoms with Crippen LogP contribution in [0.2, 0.25) is 0 Å². The Hall–Kier alpha value is 6.31. The summed E-state index contributed by atoms with van der Waals surface area (Å²) in [5, 5.41) is 0. The molecule has 0 amide bonds. The molecule has 0 atom stereocenters. The van der Waals surface area contributed by atoms with Gasteiger partial charge >= 0.3 is 0 Å². The Labute approximate surface area is 195 Å². The zero-order valence-electron chi connectivity index (χ0n) is 3.29. The first kappa shape index (κ1) is 78.7. The van der Waals surface area contributed by atoms with E-state index in [-0.39, 0.29) is 200 Å². The first-order valence-electron chi connectivity index (χ1n) is 0. The molecule has 9 heavy (non-hydrogen) atoms. The standard InChI is InChI=1S/7Fe.2Sm. The molecule has 0 aliphatic rings. The Bertz CT molecular complexity index is 6.88. The van der Waals surface area contributed by atoms with Crippen molar-refractivity contribution in [2.45, 2.75) is 0 Å². The maximum Gasteiger partial charge on any atom is 0 e. The van der Waals surface area contributed by atoms with Crippen LogP contribution in [0.5, 0.6) is 0 Å². The smallest absolute Gasteiger partial charge is 0 e. The van der Waals surface area contributed by atoms with Gasteiger partial charge in [0.1, 0.15) is 0 Å². The van der Waals surface area contributed by atoms with Gasteiger partial charge in [0.15, 0.2) is 0 Å². The summed E-state index contributed by atoms with van der Waals surface area (Å²) in [6, 6.07) is 0. The van der Waals surface area contributed by atoms with Crippen molar-refractivity contribution >= 4 is 0 Å². The van der Waals surface area contributed by atoms with Gasteiger partial charge in [0.25, 0.3) is 0 Å². The quantitative estimate of drug-likeness (QED) is 0.314. The molecule has 0 aromatic carbocycles. The summed E-state index contributed by atoms with van der Waals surface area (Å²) in [6.45, 7) is 0. The largest absolute Gasteiger partial charge is 0 e. The molecule has 0 nitrogen and oxygen atoms in total. The predicted octanol–water partition coefficient (Wildman–Crippen LogP) is -0.0175. The predicted molar refractivity (Wildman–Crippen MR) is 0 cm³/mol. The fourth-order valence-corrected chi connectivity index (χ4v) is 0. The topological polar surface area (TPSA) is 0 Å². The first-order valence-corrected chi connectivity index (χ1v) is 0. The van der Waals surface area contributed by atoms with E-state index in [0.29, 0.717) is 0 Å². The van der Waals surface area contributed by atoms with Gasteiger partial charge in [-0.25, -0.2) is 0 Å². The van der Waals surface area contributed by atoms with Gasteiger partial charge in [0, 0.05) is 200 Å². The van der Waals surface area contributed by atoms with Crippen LogP contribution in [0.15, 0.2) is 0 Å². The number of hydrogen-bond acceptors (Lipinski definition) is 0. The molecule has 0 spiro atoms.